The van der Waals surface area contributed by atoms with Gasteiger partial charge in [0, 0.05) is 38.1 Å². The fraction of sp³-hybridized carbons (Fsp3) is 0.536. The van der Waals surface area contributed by atoms with Gasteiger partial charge in [0.15, 0.2) is 0 Å². The van der Waals surface area contributed by atoms with Crippen molar-refractivity contribution in [1.29, 1.82) is 0 Å². The fourth-order valence-corrected chi connectivity index (χ4v) is 6.76. The highest BCUT2D eigenvalue weighted by atomic mass is 32.2. The number of hydrogen-bond donors (Lipinski definition) is 1. The number of carbonyl (C=O) groups is 1. The van der Waals surface area contributed by atoms with E-state index in [0.717, 1.165) is 29.8 Å². The molecule has 4 rings (SSSR count). The Hall–Kier alpha value is -2.22. The summed E-state index contributed by atoms with van der Waals surface area (Å²) in [5.41, 5.74) is 4.48. The molecule has 2 aliphatic heterocycles. The zero-order valence-electron chi connectivity index (χ0n) is 21.3. The highest BCUT2D eigenvalue weighted by molar-refractivity contribution is 7.89. The Morgan fingerprint density at radius 3 is 2.34 bits per heavy atom. The zero-order chi connectivity index (χ0) is 25.0. The van der Waals surface area contributed by atoms with Crippen LogP contribution in [0.3, 0.4) is 0 Å². The number of benzene rings is 2. The number of carbonyl (C=O) groups excluding carboxylic acids is 1. The van der Waals surface area contributed by atoms with Crippen LogP contribution in [-0.4, -0.2) is 49.2 Å². The first kappa shape index (κ1) is 25.9. The van der Waals surface area contributed by atoms with Gasteiger partial charge in [-0.05, 0) is 87.4 Å². The summed E-state index contributed by atoms with van der Waals surface area (Å²) in [5.74, 6) is -0.134. The average Bonchev–Trinajstić information content (AvgIpc) is 2.86. The molecule has 6 nitrogen and oxygen atoms in total. The molecule has 2 aromatic carbocycles. The summed E-state index contributed by atoms with van der Waals surface area (Å²) in [4.78, 5) is 15.8. The van der Waals surface area contributed by atoms with Crippen molar-refractivity contribution in [2.24, 2.45) is 5.92 Å². The lowest BCUT2D eigenvalue weighted by Gasteiger charge is -2.34. The lowest BCUT2D eigenvalue weighted by Crippen LogP contribution is -2.43. The predicted molar refractivity (Wildman–Crippen MR) is 139 cm³/mol. The van der Waals surface area contributed by atoms with Gasteiger partial charge in [-0.15, -0.1) is 0 Å². The van der Waals surface area contributed by atoms with E-state index in [1.54, 1.807) is 12.1 Å². The van der Waals surface area contributed by atoms with Crippen LogP contribution in [0.25, 0.3) is 0 Å². The summed E-state index contributed by atoms with van der Waals surface area (Å²) in [6.07, 6.45) is 4.89. The van der Waals surface area contributed by atoms with Crippen LogP contribution in [0, 0.1) is 19.8 Å². The Morgan fingerprint density at radius 1 is 0.943 bits per heavy atom. The molecule has 7 heteroatoms. The van der Waals surface area contributed by atoms with Gasteiger partial charge in [0.25, 0.3) is 0 Å². The number of hydrogen-bond acceptors (Lipinski definition) is 4. The minimum Gasteiger partial charge on any atom is -0.352 e. The Bertz CT molecular complexity index is 1140. The number of sulfonamides is 1. The van der Waals surface area contributed by atoms with Gasteiger partial charge in [-0.2, -0.15) is 4.31 Å². The highest BCUT2D eigenvalue weighted by Gasteiger charge is 2.32. The fourth-order valence-electron chi connectivity index (χ4n) is 5.20. The minimum absolute atomic E-state index is 0.0226. The maximum Gasteiger partial charge on any atom is 0.243 e. The molecule has 1 N–H and O–H groups in total. The summed E-state index contributed by atoms with van der Waals surface area (Å²) >= 11 is 0. The van der Waals surface area contributed by atoms with E-state index in [0.29, 0.717) is 43.4 Å². The van der Waals surface area contributed by atoms with E-state index in [1.165, 1.54) is 29.1 Å². The predicted octanol–water partition coefficient (Wildman–Crippen LogP) is 4.39. The van der Waals surface area contributed by atoms with Gasteiger partial charge >= 0.3 is 0 Å². The summed E-state index contributed by atoms with van der Waals surface area (Å²) in [7, 11) is -3.53. The molecular weight excluding hydrogens is 458 g/mol. The van der Waals surface area contributed by atoms with E-state index in [2.05, 4.69) is 35.3 Å². The first-order valence-electron chi connectivity index (χ1n) is 12.9. The summed E-state index contributed by atoms with van der Waals surface area (Å²) < 4.78 is 27.7. The Morgan fingerprint density at radius 2 is 1.66 bits per heavy atom. The zero-order valence-corrected chi connectivity index (χ0v) is 22.1. The second kappa shape index (κ2) is 11.2. The lowest BCUT2D eigenvalue weighted by molar-refractivity contribution is -0.126. The van der Waals surface area contributed by atoms with Crippen molar-refractivity contribution >= 4 is 15.9 Å². The van der Waals surface area contributed by atoms with Crippen molar-refractivity contribution in [1.82, 2.24) is 14.5 Å². The normalized spacial score (nSPS) is 20.6. The van der Waals surface area contributed by atoms with E-state index < -0.39 is 10.0 Å². The second-order valence-corrected chi connectivity index (χ2v) is 12.2. The number of piperidine rings is 2. The van der Waals surface area contributed by atoms with Crippen molar-refractivity contribution in [3.63, 3.8) is 0 Å². The third kappa shape index (κ3) is 6.13. The quantitative estimate of drug-likeness (QED) is 0.616. The van der Waals surface area contributed by atoms with Crippen LogP contribution in [0.5, 0.6) is 0 Å². The highest BCUT2D eigenvalue weighted by Crippen LogP contribution is 2.26. The van der Waals surface area contributed by atoms with E-state index in [4.69, 9.17) is 0 Å². The standard InChI is InChI=1S/C28H39N3O3S/c1-21-11-12-27(18-22(21)2)35(33,34)31-16-13-24(14-17-31)28(32)29-19-25-9-4-5-10-26(25)20-30-15-7-6-8-23(30)3/h4-5,9-12,18,23-24H,6-8,13-17,19-20H2,1-3H3,(H,29,32). The molecule has 2 aliphatic rings. The summed E-state index contributed by atoms with van der Waals surface area (Å²) in [6.45, 7) is 9.51. The molecule has 35 heavy (non-hydrogen) atoms. The van der Waals surface area contributed by atoms with Gasteiger partial charge in [0.1, 0.15) is 0 Å². The Kier molecular flexibility index (Phi) is 8.30. The monoisotopic (exact) mass is 497 g/mol. The molecule has 0 aromatic heterocycles. The molecule has 0 saturated carbocycles. The summed E-state index contributed by atoms with van der Waals surface area (Å²) in [5, 5.41) is 3.13. The van der Waals surface area contributed by atoms with Gasteiger partial charge in [0.2, 0.25) is 15.9 Å². The van der Waals surface area contributed by atoms with Gasteiger partial charge < -0.3 is 5.32 Å². The smallest absolute Gasteiger partial charge is 0.243 e. The third-order valence-corrected chi connectivity index (χ3v) is 9.72. The molecule has 2 saturated heterocycles. The second-order valence-electron chi connectivity index (χ2n) is 10.2. The van der Waals surface area contributed by atoms with Crippen molar-refractivity contribution in [3.8, 4) is 0 Å². The molecule has 2 aromatic rings. The number of amides is 1. The van der Waals surface area contributed by atoms with Crippen LogP contribution in [0.2, 0.25) is 0 Å². The maximum absolute atomic E-state index is 13.1. The largest absolute Gasteiger partial charge is 0.352 e. The molecule has 2 heterocycles. The van der Waals surface area contributed by atoms with Gasteiger partial charge in [-0.25, -0.2) is 8.42 Å². The number of likely N-dealkylation sites (tertiary alicyclic amines) is 1. The molecule has 0 bridgehead atoms. The lowest BCUT2D eigenvalue weighted by atomic mass is 9.97. The van der Waals surface area contributed by atoms with E-state index >= 15 is 0 Å². The molecule has 0 radical (unpaired) electrons. The molecule has 1 amide bonds. The summed E-state index contributed by atoms with van der Waals surface area (Å²) in [6, 6.07) is 14.2. The minimum atomic E-state index is -3.53. The van der Waals surface area contributed by atoms with E-state index in [9.17, 15) is 13.2 Å². The Labute approximate surface area is 210 Å². The number of nitrogens with zero attached hydrogens (tertiary/aromatic N) is 2. The van der Waals surface area contributed by atoms with Gasteiger partial charge in [-0.1, -0.05) is 36.8 Å². The first-order chi connectivity index (χ1) is 16.8. The van der Waals surface area contributed by atoms with Crippen molar-refractivity contribution in [2.75, 3.05) is 19.6 Å². The number of rotatable bonds is 7. The van der Waals surface area contributed by atoms with Crippen LogP contribution >= 0.6 is 0 Å². The molecule has 190 valence electrons. The average molecular weight is 498 g/mol. The molecule has 0 aliphatic carbocycles. The van der Waals surface area contributed by atoms with Crippen LogP contribution in [-0.2, 0) is 27.9 Å². The third-order valence-electron chi connectivity index (χ3n) is 7.83. The van der Waals surface area contributed by atoms with E-state index in [-0.39, 0.29) is 11.8 Å². The van der Waals surface area contributed by atoms with Crippen molar-refractivity contribution < 1.29 is 13.2 Å². The molecule has 1 atom stereocenters. The number of aryl methyl sites for hydroxylation is 2. The first-order valence-corrected chi connectivity index (χ1v) is 14.4. The van der Waals surface area contributed by atoms with Gasteiger partial charge in [0.05, 0.1) is 4.90 Å². The van der Waals surface area contributed by atoms with E-state index in [1.807, 2.05) is 26.0 Å². The topological polar surface area (TPSA) is 69.7 Å². The van der Waals surface area contributed by atoms with Crippen molar-refractivity contribution in [3.05, 3.63) is 64.7 Å². The van der Waals surface area contributed by atoms with Crippen LogP contribution in [0.1, 0.15) is 61.3 Å². The Balaban J connectivity index is 1.32. The van der Waals surface area contributed by atoms with Crippen LogP contribution < -0.4 is 5.32 Å². The SMILES string of the molecule is Cc1ccc(S(=O)(=O)N2CCC(C(=O)NCc3ccccc3CN3CCCCC3C)CC2)cc1C. The van der Waals surface area contributed by atoms with Crippen molar-refractivity contribution in [2.45, 2.75) is 76.9 Å². The molecular formula is C28H39N3O3S. The van der Waals surface area contributed by atoms with Crippen LogP contribution in [0.4, 0.5) is 0 Å². The van der Waals surface area contributed by atoms with Gasteiger partial charge in [-0.3, -0.25) is 9.69 Å². The molecule has 1 unspecified atom stereocenters. The number of nitrogens with one attached hydrogen (secondary N) is 1. The van der Waals surface area contributed by atoms with Crippen LogP contribution in [0.15, 0.2) is 47.4 Å². The molecule has 2 fully saturated rings. The molecule has 0 spiro atoms. The maximum atomic E-state index is 13.1.